The summed E-state index contributed by atoms with van der Waals surface area (Å²) in [5, 5.41) is 4.96. The lowest BCUT2D eigenvalue weighted by molar-refractivity contribution is 0.0300. The lowest BCUT2D eigenvalue weighted by Crippen LogP contribution is -2.24. The van der Waals surface area contributed by atoms with Crippen molar-refractivity contribution in [1.82, 2.24) is 15.3 Å². The smallest absolute Gasteiger partial charge is 0.159 e. The Hall–Kier alpha value is -2.61. The first-order valence-electron chi connectivity index (χ1n) is 11.2. The molecule has 1 fully saturated rings. The summed E-state index contributed by atoms with van der Waals surface area (Å²) < 4.78 is 32.5. The SMILES string of the molecule is Fc1ccc(COC2CC(c3ncc(-c4ccc(Cl)cc4)c(-c4ccc(Cl)cc4Cl)n3)CN2)cc1F. The van der Waals surface area contributed by atoms with Gasteiger partial charge in [0.1, 0.15) is 12.1 Å². The summed E-state index contributed by atoms with van der Waals surface area (Å²) in [4.78, 5) is 9.60. The molecule has 1 saturated heterocycles. The van der Waals surface area contributed by atoms with Crippen LogP contribution < -0.4 is 5.32 Å². The van der Waals surface area contributed by atoms with Crippen molar-refractivity contribution in [3.63, 3.8) is 0 Å². The fourth-order valence-electron chi connectivity index (χ4n) is 4.17. The molecule has 4 nitrogen and oxygen atoms in total. The van der Waals surface area contributed by atoms with Gasteiger partial charge in [-0.3, -0.25) is 5.32 Å². The van der Waals surface area contributed by atoms with Crippen molar-refractivity contribution in [1.29, 1.82) is 0 Å². The van der Waals surface area contributed by atoms with Gasteiger partial charge < -0.3 is 4.74 Å². The Morgan fingerprint density at radius 3 is 2.42 bits per heavy atom. The molecule has 0 radical (unpaired) electrons. The molecular weight excluding hydrogens is 527 g/mol. The number of hydrogen-bond acceptors (Lipinski definition) is 4. The second kappa shape index (κ2) is 10.8. The van der Waals surface area contributed by atoms with Crippen LogP contribution in [0.3, 0.4) is 0 Å². The predicted octanol–water partition coefficient (Wildman–Crippen LogP) is 7.67. The molecule has 1 aliphatic heterocycles. The van der Waals surface area contributed by atoms with Crippen molar-refractivity contribution in [2.75, 3.05) is 6.54 Å². The minimum Gasteiger partial charge on any atom is -0.359 e. The van der Waals surface area contributed by atoms with E-state index in [2.05, 4.69) is 10.3 Å². The largest absolute Gasteiger partial charge is 0.359 e. The maximum Gasteiger partial charge on any atom is 0.159 e. The molecule has 9 heteroatoms. The summed E-state index contributed by atoms with van der Waals surface area (Å²) in [6.45, 7) is 0.764. The van der Waals surface area contributed by atoms with Crippen LogP contribution in [0.2, 0.25) is 15.1 Å². The Balaban J connectivity index is 1.40. The molecule has 36 heavy (non-hydrogen) atoms. The number of rotatable bonds is 6. The van der Waals surface area contributed by atoms with E-state index in [1.165, 1.54) is 6.07 Å². The summed E-state index contributed by atoms with van der Waals surface area (Å²) in [7, 11) is 0. The maximum atomic E-state index is 13.5. The number of aromatic nitrogens is 2. The van der Waals surface area contributed by atoms with Crippen molar-refractivity contribution in [3.05, 3.63) is 105 Å². The summed E-state index contributed by atoms with van der Waals surface area (Å²) >= 11 is 18.8. The standard InChI is InChI=1S/C27H20Cl3F2N3O/c28-18-4-2-16(3-5-18)21-13-34-27(35-26(21)20-7-6-19(29)11-22(20)30)17-10-25(33-12-17)36-14-15-1-8-23(31)24(32)9-15/h1-9,11,13,17,25,33H,10,12,14H2. The van der Waals surface area contributed by atoms with Gasteiger partial charge in [-0.15, -0.1) is 0 Å². The average molecular weight is 547 g/mol. The molecule has 3 aromatic carbocycles. The minimum absolute atomic E-state index is 0.0101. The molecule has 2 heterocycles. The molecule has 5 rings (SSSR count). The Morgan fingerprint density at radius 1 is 0.889 bits per heavy atom. The van der Waals surface area contributed by atoms with Gasteiger partial charge in [-0.25, -0.2) is 18.7 Å². The van der Waals surface area contributed by atoms with Crippen LogP contribution in [0, 0.1) is 11.6 Å². The zero-order valence-corrected chi connectivity index (χ0v) is 21.1. The number of nitrogens with one attached hydrogen (secondary N) is 1. The highest BCUT2D eigenvalue weighted by molar-refractivity contribution is 6.36. The molecule has 184 valence electrons. The second-order valence-corrected chi connectivity index (χ2v) is 9.79. The normalized spacial score (nSPS) is 17.5. The summed E-state index contributed by atoms with van der Waals surface area (Å²) in [5.74, 6) is -1.13. The van der Waals surface area contributed by atoms with Crippen molar-refractivity contribution in [3.8, 4) is 22.4 Å². The first-order chi connectivity index (χ1) is 17.4. The first-order valence-corrected chi connectivity index (χ1v) is 12.4. The van der Waals surface area contributed by atoms with Crippen LogP contribution in [0.5, 0.6) is 0 Å². The van der Waals surface area contributed by atoms with Gasteiger partial charge in [-0.1, -0.05) is 53.0 Å². The molecule has 4 aromatic rings. The van der Waals surface area contributed by atoms with Crippen molar-refractivity contribution >= 4 is 34.8 Å². The fraction of sp³-hybridized carbons (Fsp3) is 0.185. The third kappa shape index (κ3) is 5.53. The number of nitrogens with zero attached hydrogens (tertiary/aromatic N) is 2. The highest BCUT2D eigenvalue weighted by atomic mass is 35.5. The van der Waals surface area contributed by atoms with E-state index < -0.39 is 11.6 Å². The molecule has 0 saturated carbocycles. The molecule has 1 N–H and O–H groups in total. The predicted molar refractivity (Wildman–Crippen MR) is 138 cm³/mol. The van der Waals surface area contributed by atoms with Gasteiger partial charge in [0.05, 0.1) is 17.3 Å². The first kappa shape index (κ1) is 25.1. The van der Waals surface area contributed by atoms with Gasteiger partial charge in [0.2, 0.25) is 0 Å². The van der Waals surface area contributed by atoms with Gasteiger partial charge in [0.25, 0.3) is 0 Å². The van der Waals surface area contributed by atoms with Crippen LogP contribution in [-0.4, -0.2) is 22.7 Å². The van der Waals surface area contributed by atoms with Crippen LogP contribution in [0.1, 0.15) is 23.7 Å². The molecule has 0 bridgehead atoms. The monoisotopic (exact) mass is 545 g/mol. The number of halogens is 5. The van der Waals surface area contributed by atoms with E-state index in [4.69, 9.17) is 44.5 Å². The summed E-state index contributed by atoms with van der Waals surface area (Å²) in [6, 6.07) is 16.5. The zero-order chi connectivity index (χ0) is 25.2. The molecule has 1 aromatic heterocycles. The third-order valence-electron chi connectivity index (χ3n) is 6.04. The molecule has 0 aliphatic carbocycles. The molecule has 0 spiro atoms. The third-order valence-corrected chi connectivity index (χ3v) is 6.84. The number of hydrogen-bond donors (Lipinski definition) is 1. The lowest BCUT2D eigenvalue weighted by Gasteiger charge is -2.15. The van der Waals surface area contributed by atoms with Crippen molar-refractivity contribution in [2.45, 2.75) is 25.2 Å². The van der Waals surface area contributed by atoms with E-state index in [9.17, 15) is 8.78 Å². The summed E-state index contributed by atoms with van der Waals surface area (Å²) in [5.41, 5.74) is 3.71. The molecule has 2 atom stereocenters. The number of benzene rings is 3. The topological polar surface area (TPSA) is 47.0 Å². The van der Waals surface area contributed by atoms with Crippen LogP contribution in [0.25, 0.3) is 22.4 Å². The van der Waals surface area contributed by atoms with Crippen molar-refractivity contribution < 1.29 is 13.5 Å². The maximum absolute atomic E-state index is 13.5. The van der Waals surface area contributed by atoms with Crippen LogP contribution >= 0.6 is 34.8 Å². The fourth-order valence-corrected chi connectivity index (χ4v) is 4.79. The molecular formula is C27H20Cl3F2N3O. The minimum atomic E-state index is -0.893. The Labute approximate surface area is 222 Å². The molecule has 2 unspecified atom stereocenters. The zero-order valence-electron chi connectivity index (χ0n) is 18.8. The van der Waals surface area contributed by atoms with Crippen molar-refractivity contribution in [2.24, 2.45) is 0 Å². The molecule has 1 aliphatic rings. The van der Waals surface area contributed by atoms with E-state index in [1.807, 2.05) is 30.3 Å². The van der Waals surface area contributed by atoms with Crippen LogP contribution in [0.4, 0.5) is 8.78 Å². The van der Waals surface area contributed by atoms with E-state index in [1.54, 1.807) is 18.3 Å². The second-order valence-electron chi connectivity index (χ2n) is 8.51. The lowest BCUT2D eigenvalue weighted by atomic mass is 9.99. The van der Waals surface area contributed by atoms with Gasteiger partial charge in [-0.05, 0) is 60.0 Å². The van der Waals surface area contributed by atoms with Crippen LogP contribution in [0.15, 0.2) is 66.9 Å². The average Bonchev–Trinajstić information content (AvgIpc) is 3.34. The summed E-state index contributed by atoms with van der Waals surface area (Å²) in [6.07, 6.45) is 2.14. The van der Waals surface area contributed by atoms with E-state index in [0.717, 1.165) is 28.8 Å². The highest BCUT2D eigenvalue weighted by Crippen LogP contribution is 2.37. The van der Waals surface area contributed by atoms with Crippen LogP contribution in [-0.2, 0) is 11.3 Å². The van der Waals surface area contributed by atoms with E-state index >= 15 is 0 Å². The van der Waals surface area contributed by atoms with E-state index in [-0.39, 0.29) is 18.8 Å². The highest BCUT2D eigenvalue weighted by Gasteiger charge is 2.29. The van der Waals surface area contributed by atoms with Gasteiger partial charge in [0, 0.05) is 39.8 Å². The van der Waals surface area contributed by atoms with Gasteiger partial charge >= 0.3 is 0 Å². The quantitative estimate of drug-likeness (QED) is 0.270. The van der Waals surface area contributed by atoms with Gasteiger partial charge in [0.15, 0.2) is 11.6 Å². The Morgan fingerprint density at radius 2 is 1.67 bits per heavy atom. The number of ether oxygens (including phenoxy) is 1. The Bertz CT molecular complexity index is 1400. The Kier molecular flexibility index (Phi) is 7.51. The van der Waals surface area contributed by atoms with E-state index in [0.29, 0.717) is 45.1 Å². The molecule has 0 amide bonds. The van der Waals surface area contributed by atoms with Gasteiger partial charge in [-0.2, -0.15) is 0 Å².